The van der Waals surface area contributed by atoms with Crippen molar-refractivity contribution < 1.29 is 89.7 Å². The molecule has 20 heteroatoms. The zero-order valence-corrected chi connectivity index (χ0v) is 22.2. The lowest BCUT2D eigenvalue weighted by Crippen LogP contribution is -2.60. The first-order valence-electron chi connectivity index (χ1n) is 11.3. The van der Waals surface area contributed by atoms with Crippen LogP contribution < -0.4 is 0 Å². The molecule has 248 valence electrons. The normalized spacial score (nSPS) is 15.9. The van der Waals surface area contributed by atoms with Gasteiger partial charge in [0, 0.05) is 11.1 Å². The number of benzene rings is 1. The van der Waals surface area contributed by atoms with Gasteiger partial charge in [0.15, 0.2) is 5.41 Å². The molecule has 0 aliphatic rings. The Bertz CT molecular complexity index is 1140. The molecule has 0 aliphatic carbocycles. The van der Waals surface area contributed by atoms with Gasteiger partial charge in [-0.3, -0.25) is 4.79 Å². The first-order valence-corrected chi connectivity index (χ1v) is 11.3. The zero-order valence-electron chi connectivity index (χ0n) is 22.2. The summed E-state index contributed by atoms with van der Waals surface area (Å²) < 4.78 is 221. The summed E-state index contributed by atoms with van der Waals surface area (Å²) in [6, 6.07) is -2.02. The number of rotatable bonds is 6. The minimum Gasteiger partial charge on any atom is -0.434 e. The van der Waals surface area contributed by atoms with Crippen molar-refractivity contribution in [1.82, 2.24) is 0 Å². The van der Waals surface area contributed by atoms with Crippen LogP contribution in [0.5, 0.6) is 0 Å². The fraction of sp³-hybridized carbons (Fsp3) is 0.652. The summed E-state index contributed by atoms with van der Waals surface area (Å²) in [5, 5.41) is 0. The summed E-state index contributed by atoms with van der Waals surface area (Å²) in [5.41, 5.74) is -23.5. The molecule has 1 aromatic rings. The minimum absolute atomic E-state index is 0.143. The molecular formula is C23H21F15O5. The number of hydrogen-bond donors (Lipinski definition) is 0. The second-order valence-corrected chi connectivity index (χ2v) is 10.1. The molecule has 0 aliphatic heterocycles. The Morgan fingerprint density at radius 1 is 0.581 bits per heavy atom. The second-order valence-electron chi connectivity index (χ2n) is 10.1. The Labute approximate surface area is 232 Å². The number of carbonyl (C=O) groups is 2. The first-order chi connectivity index (χ1) is 18.7. The monoisotopic (exact) mass is 662 g/mol. The summed E-state index contributed by atoms with van der Waals surface area (Å²) in [6.45, 7) is 3.21. The molecule has 0 N–H and O–H groups in total. The molecule has 0 fully saturated rings. The third-order valence-electron chi connectivity index (χ3n) is 5.93. The Morgan fingerprint density at radius 2 is 0.930 bits per heavy atom. The summed E-state index contributed by atoms with van der Waals surface area (Å²) in [5.74, 6) is -3.22. The lowest BCUT2D eigenvalue weighted by atomic mass is 9.83. The number of esters is 1. The number of ether oxygens (including phenoxy) is 3. The summed E-state index contributed by atoms with van der Waals surface area (Å²) >= 11 is 0. The molecule has 0 amide bonds. The molecular weight excluding hydrogens is 641 g/mol. The Kier molecular flexibility index (Phi) is 9.81. The van der Waals surface area contributed by atoms with Crippen LogP contribution >= 0.6 is 0 Å². The third kappa shape index (κ3) is 6.86. The molecule has 43 heavy (non-hydrogen) atoms. The van der Waals surface area contributed by atoms with Gasteiger partial charge < -0.3 is 14.2 Å². The molecule has 1 unspecified atom stereocenters. The van der Waals surface area contributed by atoms with Gasteiger partial charge in [0.25, 0.3) is 0 Å². The summed E-state index contributed by atoms with van der Waals surface area (Å²) in [6.07, 6.45) is -37.9. The van der Waals surface area contributed by atoms with Crippen molar-refractivity contribution in [1.29, 1.82) is 0 Å². The van der Waals surface area contributed by atoms with Crippen LogP contribution in [-0.4, -0.2) is 48.6 Å². The van der Waals surface area contributed by atoms with E-state index in [1.54, 1.807) is 0 Å². The van der Waals surface area contributed by atoms with Crippen LogP contribution in [-0.2, 0) is 30.2 Å². The molecule has 1 aromatic carbocycles. The smallest absolute Gasteiger partial charge is 0.434 e. The highest BCUT2D eigenvalue weighted by atomic mass is 19.4. The van der Waals surface area contributed by atoms with E-state index < -0.39 is 94.9 Å². The van der Waals surface area contributed by atoms with Gasteiger partial charge in [0.05, 0.1) is 0 Å². The average molecular weight is 662 g/mol. The van der Waals surface area contributed by atoms with Crippen molar-refractivity contribution in [3.05, 3.63) is 35.4 Å². The van der Waals surface area contributed by atoms with E-state index in [1.807, 2.05) is 0 Å². The average Bonchev–Trinajstić information content (AvgIpc) is 2.74. The maximum atomic E-state index is 14.2. The van der Waals surface area contributed by atoms with Gasteiger partial charge in [-0.1, -0.05) is 25.1 Å². The van der Waals surface area contributed by atoms with Gasteiger partial charge in [-0.15, -0.1) is 0 Å². The highest BCUT2D eigenvalue weighted by molar-refractivity contribution is 5.78. The Hall–Kier alpha value is -3.09. The first kappa shape index (κ1) is 37.9. The van der Waals surface area contributed by atoms with Crippen molar-refractivity contribution in [3.63, 3.8) is 0 Å². The van der Waals surface area contributed by atoms with Crippen LogP contribution in [0.1, 0.15) is 52.2 Å². The number of hydrogen-bond acceptors (Lipinski definition) is 5. The zero-order chi connectivity index (χ0) is 34.5. The maximum Gasteiger partial charge on any atom is 0.510 e. The van der Waals surface area contributed by atoms with E-state index in [1.165, 1.54) is 0 Å². The quantitative estimate of drug-likeness (QED) is 0.225. The third-order valence-corrected chi connectivity index (χ3v) is 5.93. The number of alkyl halides is 15. The van der Waals surface area contributed by atoms with Gasteiger partial charge in [0.2, 0.25) is 0 Å². The van der Waals surface area contributed by atoms with Crippen LogP contribution in [0.2, 0.25) is 0 Å². The SMILES string of the molecule is CCC(C)(C(=O)OC(c1cccc(C(OC(=O)OC(C)(C)C)(C(F)(F)F)C(F)(F)F)c1)(C(F)(F)F)C(F)(F)F)C(F)(F)F. The molecule has 0 saturated heterocycles. The molecule has 0 bridgehead atoms. The summed E-state index contributed by atoms with van der Waals surface area (Å²) in [7, 11) is 0. The summed E-state index contributed by atoms with van der Waals surface area (Å²) in [4.78, 5) is 24.3. The molecule has 0 aromatic heterocycles. The van der Waals surface area contributed by atoms with Gasteiger partial charge in [0.1, 0.15) is 5.60 Å². The minimum atomic E-state index is -7.05. The predicted octanol–water partition coefficient (Wildman–Crippen LogP) is 8.80. The molecule has 5 nitrogen and oxygen atoms in total. The maximum absolute atomic E-state index is 14.2. The topological polar surface area (TPSA) is 61.8 Å². The van der Waals surface area contributed by atoms with Crippen molar-refractivity contribution >= 4 is 12.1 Å². The van der Waals surface area contributed by atoms with E-state index >= 15 is 0 Å². The fourth-order valence-corrected chi connectivity index (χ4v) is 3.39. The predicted molar refractivity (Wildman–Crippen MR) is 112 cm³/mol. The highest BCUT2D eigenvalue weighted by Gasteiger charge is 2.79. The molecule has 0 heterocycles. The fourth-order valence-electron chi connectivity index (χ4n) is 3.39. The van der Waals surface area contributed by atoms with E-state index in [0.29, 0.717) is 6.92 Å². The van der Waals surface area contributed by atoms with Crippen LogP contribution in [0.25, 0.3) is 0 Å². The van der Waals surface area contributed by atoms with Gasteiger partial charge in [-0.25, -0.2) is 4.79 Å². The van der Waals surface area contributed by atoms with Crippen molar-refractivity contribution in [2.24, 2.45) is 5.41 Å². The number of halogens is 15. The van der Waals surface area contributed by atoms with Crippen LogP contribution in [0, 0.1) is 5.41 Å². The van der Waals surface area contributed by atoms with Crippen molar-refractivity contribution in [2.45, 2.75) is 88.7 Å². The van der Waals surface area contributed by atoms with Gasteiger partial charge in [-0.2, -0.15) is 65.9 Å². The van der Waals surface area contributed by atoms with Crippen LogP contribution in [0.3, 0.4) is 0 Å². The van der Waals surface area contributed by atoms with Crippen LogP contribution in [0.4, 0.5) is 70.7 Å². The number of carbonyl (C=O) groups excluding carboxylic acids is 2. The lowest BCUT2D eigenvalue weighted by molar-refractivity contribution is -0.383. The van der Waals surface area contributed by atoms with E-state index in [4.69, 9.17) is 0 Å². The van der Waals surface area contributed by atoms with E-state index in [0.717, 1.165) is 20.8 Å². The van der Waals surface area contributed by atoms with Crippen LogP contribution in [0.15, 0.2) is 24.3 Å². The largest absolute Gasteiger partial charge is 0.510 e. The van der Waals surface area contributed by atoms with Gasteiger partial charge in [-0.05, 0) is 40.2 Å². The van der Waals surface area contributed by atoms with Crippen molar-refractivity contribution in [3.8, 4) is 0 Å². The van der Waals surface area contributed by atoms with E-state index in [-0.39, 0.29) is 19.1 Å². The molecule has 0 saturated carbocycles. The molecule has 0 spiro atoms. The molecule has 1 rings (SSSR count). The van der Waals surface area contributed by atoms with E-state index in [2.05, 4.69) is 14.2 Å². The molecule has 0 radical (unpaired) electrons. The van der Waals surface area contributed by atoms with E-state index in [9.17, 15) is 75.4 Å². The Balaban J connectivity index is 4.25. The Morgan fingerprint density at radius 3 is 1.21 bits per heavy atom. The van der Waals surface area contributed by atoms with Gasteiger partial charge >= 0.3 is 54.2 Å². The standard InChI is InChI=1S/C23H21F15O5/c1-6-16(5,19(24,25)26)13(39)41-17(20(27,28)29,21(30,31)32)11-8-7-9-12(10-11)18(22(33,34)35,23(36,37)38)43-14(40)42-15(2,3)4/h7-10H,6H2,1-5H3. The second kappa shape index (κ2) is 11.1. The highest BCUT2D eigenvalue weighted by Crippen LogP contribution is 2.58. The lowest BCUT2D eigenvalue weighted by Gasteiger charge is -2.41. The molecule has 1 atom stereocenters. The van der Waals surface area contributed by atoms with Crippen molar-refractivity contribution in [2.75, 3.05) is 0 Å².